The van der Waals surface area contributed by atoms with Gasteiger partial charge in [0, 0.05) is 42.7 Å². The minimum Gasteiger partial charge on any atom is -0.378 e. The second-order valence-corrected chi connectivity index (χ2v) is 9.54. The van der Waals surface area contributed by atoms with E-state index in [4.69, 9.17) is 4.74 Å². The summed E-state index contributed by atoms with van der Waals surface area (Å²) in [7, 11) is 1.85. The predicted molar refractivity (Wildman–Crippen MR) is 135 cm³/mol. The lowest BCUT2D eigenvalue weighted by Gasteiger charge is -2.33. The number of anilines is 2. The number of hydrogen-bond acceptors (Lipinski definition) is 8. The Bertz CT molecular complexity index is 1480. The van der Waals surface area contributed by atoms with Crippen LogP contribution in [0.15, 0.2) is 43.0 Å². The van der Waals surface area contributed by atoms with Crippen LogP contribution in [0.5, 0.6) is 0 Å². The molecule has 2 aliphatic rings. The Balaban J connectivity index is 1.15. The first-order valence-corrected chi connectivity index (χ1v) is 12.2. The zero-order valence-corrected chi connectivity index (χ0v) is 20.6. The lowest BCUT2D eigenvalue weighted by molar-refractivity contribution is -0.120. The summed E-state index contributed by atoms with van der Waals surface area (Å²) in [6.45, 7) is 3.45. The van der Waals surface area contributed by atoms with Crippen LogP contribution in [0.4, 0.5) is 11.4 Å². The molecule has 0 aromatic carbocycles. The number of carbonyl (C=O) groups is 2. The van der Waals surface area contributed by atoms with Gasteiger partial charge in [0.2, 0.25) is 5.91 Å². The predicted octanol–water partition coefficient (Wildman–Crippen LogP) is 1.89. The molecule has 4 aromatic heterocycles. The molecule has 2 amide bonds. The maximum atomic E-state index is 13.1. The maximum absolute atomic E-state index is 13.1. The molecule has 2 fully saturated rings. The van der Waals surface area contributed by atoms with Gasteiger partial charge in [0.15, 0.2) is 5.69 Å². The average molecular weight is 502 g/mol. The minimum atomic E-state index is -0.414. The molecule has 0 saturated carbocycles. The lowest BCUT2D eigenvalue weighted by Crippen LogP contribution is -2.48. The van der Waals surface area contributed by atoms with Crippen LogP contribution in [0.2, 0.25) is 0 Å². The van der Waals surface area contributed by atoms with Crippen molar-refractivity contribution >= 4 is 28.7 Å². The Morgan fingerprint density at radius 2 is 1.89 bits per heavy atom. The van der Waals surface area contributed by atoms with E-state index in [2.05, 4.69) is 35.9 Å². The molecule has 4 aromatic rings. The molecule has 190 valence electrons. The molecule has 6 rings (SSSR count). The molecule has 0 radical (unpaired) electrons. The van der Waals surface area contributed by atoms with Crippen molar-refractivity contribution in [3.8, 4) is 11.1 Å². The van der Waals surface area contributed by atoms with Gasteiger partial charge in [-0.15, -0.1) is 5.10 Å². The van der Waals surface area contributed by atoms with Crippen LogP contribution in [0.1, 0.15) is 29.0 Å². The fourth-order valence-electron chi connectivity index (χ4n) is 5.04. The van der Waals surface area contributed by atoms with Gasteiger partial charge in [-0.25, -0.2) is 4.52 Å². The molecular formula is C25H27N9O3. The fourth-order valence-corrected chi connectivity index (χ4v) is 5.04. The van der Waals surface area contributed by atoms with E-state index in [0.29, 0.717) is 54.4 Å². The van der Waals surface area contributed by atoms with E-state index in [9.17, 15) is 9.59 Å². The van der Waals surface area contributed by atoms with E-state index in [1.54, 1.807) is 46.8 Å². The number of morpholine rings is 1. The van der Waals surface area contributed by atoms with Crippen molar-refractivity contribution in [2.45, 2.75) is 31.8 Å². The Hall–Kier alpha value is -4.16. The van der Waals surface area contributed by atoms with Gasteiger partial charge in [0.05, 0.1) is 54.7 Å². The number of aromatic nitrogens is 6. The summed E-state index contributed by atoms with van der Waals surface area (Å²) in [6.07, 6.45) is 9.17. The molecule has 37 heavy (non-hydrogen) atoms. The van der Waals surface area contributed by atoms with Crippen molar-refractivity contribution in [1.82, 2.24) is 34.5 Å². The third kappa shape index (κ3) is 4.56. The topological polar surface area (TPSA) is 132 Å². The molecule has 2 bridgehead atoms. The highest BCUT2D eigenvalue weighted by Gasteiger charge is 2.38. The SMILES string of the molecule is Cc1ncc(NC(=O)CN2C3CCC2COC3)cc1NC(=O)c1nnn2cc(-c3cnn(C)c3)ccc12. The van der Waals surface area contributed by atoms with Crippen molar-refractivity contribution in [3.63, 3.8) is 0 Å². The van der Waals surface area contributed by atoms with E-state index >= 15 is 0 Å². The molecule has 12 heteroatoms. The summed E-state index contributed by atoms with van der Waals surface area (Å²) in [4.78, 5) is 32.4. The van der Waals surface area contributed by atoms with Crippen molar-refractivity contribution in [1.29, 1.82) is 0 Å². The number of ether oxygens (including phenoxy) is 1. The number of aryl methyl sites for hydroxylation is 2. The quantitative estimate of drug-likeness (QED) is 0.409. The molecule has 2 saturated heterocycles. The molecule has 0 aliphatic carbocycles. The highest BCUT2D eigenvalue weighted by Crippen LogP contribution is 2.28. The van der Waals surface area contributed by atoms with Crippen LogP contribution in [0, 0.1) is 6.92 Å². The second-order valence-electron chi connectivity index (χ2n) is 9.54. The molecule has 6 heterocycles. The van der Waals surface area contributed by atoms with Crippen LogP contribution in [0.3, 0.4) is 0 Å². The first-order chi connectivity index (χ1) is 17.9. The fraction of sp³-hybridized carbons (Fsp3) is 0.360. The summed E-state index contributed by atoms with van der Waals surface area (Å²) in [6, 6.07) is 6.01. The number of fused-ring (bicyclic) bond motifs is 3. The summed E-state index contributed by atoms with van der Waals surface area (Å²) < 4.78 is 8.89. The minimum absolute atomic E-state index is 0.115. The summed E-state index contributed by atoms with van der Waals surface area (Å²) in [5.74, 6) is -0.530. The van der Waals surface area contributed by atoms with Crippen molar-refractivity contribution in [2.24, 2.45) is 7.05 Å². The van der Waals surface area contributed by atoms with E-state index in [1.165, 1.54) is 0 Å². The molecule has 2 unspecified atom stereocenters. The van der Waals surface area contributed by atoms with Crippen molar-refractivity contribution in [3.05, 3.63) is 54.4 Å². The van der Waals surface area contributed by atoms with Gasteiger partial charge in [-0.2, -0.15) is 5.10 Å². The number of pyridine rings is 2. The molecule has 2 atom stereocenters. The summed E-state index contributed by atoms with van der Waals surface area (Å²) >= 11 is 0. The monoisotopic (exact) mass is 501 g/mol. The normalized spacial score (nSPS) is 19.3. The number of carbonyl (C=O) groups excluding carboxylic acids is 2. The van der Waals surface area contributed by atoms with Crippen LogP contribution in [-0.4, -0.2) is 78.1 Å². The smallest absolute Gasteiger partial charge is 0.278 e. The molecule has 12 nitrogen and oxygen atoms in total. The molecule has 0 spiro atoms. The Kier molecular flexibility index (Phi) is 5.89. The zero-order valence-electron chi connectivity index (χ0n) is 20.6. The van der Waals surface area contributed by atoms with Gasteiger partial charge in [0.25, 0.3) is 5.91 Å². The number of hydrogen-bond donors (Lipinski definition) is 2. The number of amides is 2. The maximum Gasteiger partial charge on any atom is 0.278 e. The Morgan fingerprint density at radius 1 is 1.08 bits per heavy atom. The molecular weight excluding hydrogens is 474 g/mol. The Morgan fingerprint density at radius 3 is 2.65 bits per heavy atom. The zero-order chi connectivity index (χ0) is 25.5. The highest BCUT2D eigenvalue weighted by molar-refractivity contribution is 6.08. The number of nitrogens with one attached hydrogen (secondary N) is 2. The van der Waals surface area contributed by atoms with E-state index in [-0.39, 0.29) is 11.6 Å². The second kappa shape index (κ2) is 9.37. The van der Waals surface area contributed by atoms with Crippen LogP contribution in [0.25, 0.3) is 16.6 Å². The lowest BCUT2D eigenvalue weighted by atomic mass is 10.1. The first kappa shape index (κ1) is 23.3. The Labute approximate surface area is 212 Å². The third-order valence-corrected chi connectivity index (χ3v) is 7.00. The van der Waals surface area contributed by atoms with Gasteiger partial charge in [-0.1, -0.05) is 11.3 Å². The standard InChI is InChI=1S/C25H27N9O3/c1-15-21(7-18(9-26-15)28-23(35)12-33-19-4-5-20(33)14-37-13-19)29-25(36)24-22-6-3-16(11-34(22)31-30-24)17-8-27-32(2)10-17/h3,6-11,19-20H,4-5,12-14H2,1-2H3,(H,28,35)(H,29,36). The van der Waals surface area contributed by atoms with Gasteiger partial charge in [0.1, 0.15) is 0 Å². The largest absolute Gasteiger partial charge is 0.378 e. The molecule has 2 N–H and O–H groups in total. The van der Waals surface area contributed by atoms with Gasteiger partial charge < -0.3 is 15.4 Å². The number of nitrogens with zero attached hydrogens (tertiary/aromatic N) is 7. The third-order valence-electron chi connectivity index (χ3n) is 7.00. The van der Waals surface area contributed by atoms with Crippen LogP contribution in [-0.2, 0) is 16.6 Å². The summed E-state index contributed by atoms with van der Waals surface area (Å²) in [5.41, 5.74) is 4.23. The van der Waals surface area contributed by atoms with Gasteiger partial charge in [-0.05, 0) is 31.9 Å². The first-order valence-electron chi connectivity index (χ1n) is 12.2. The van der Waals surface area contributed by atoms with Gasteiger partial charge >= 0.3 is 0 Å². The van der Waals surface area contributed by atoms with Crippen LogP contribution >= 0.6 is 0 Å². The number of rotatable bonds is 6. The molecule has 2 aliphatic heterocycles. The van der Waals surface area contributed by atoms with Gasteiger partial charge in [-0.3, -0.25) is 24.2 Å². The van der Waals surface area contributed by atoms with E-state index in [0.717, 1.165) is 24.0 Å². The summed E-state index contributed by atoms with van der Waals surface area (Å²) in [5, 5.41) is 18.2. The van der Waals surface area contributed by atoms with E-state index < -0.39 is 5.91 Å². The van der Waals surface area contributed by atoms with Crippen LogP contribution < -0.4 is 10.6 Å². The average Bonchev–Trinajstić information content (AvgIpc) is 3.55. The van der Waals surface area contributed by atoms with Crippen molar-refractivity contribution in [2.75, 3.05) is 30.4 Å². The highest BCUT2D eigenvalue weighted by atomic mass is 16.5. The van der Waals surface area contributed by atoms with E-state index in [1.807, 2.05) is 19.3 Å². The van der Waals surface area contributed by atoms with Crippen molar-refractivity contribution < 1.29 is 14.3 Å².